The molecule has 0 aliphatic carbocycles. The average molecular weight is 228 g/mol. The number of hydrogen-bond acceptors (Lipinski definition) is 3. The Morgan fingerprint density at radius 1 is 1.38 bits per heavy atom. The van der Waals surface area contributed by atoms with Gasteiger partial charge in [-0.2, -0.15) is 0 Å². The Morgan fingerprint density at radius 2 is 2.12 bits per heavy atom. The first-order valence-corrected chi connectivity index (χ1v) is 5.80. The van der Waals surface area contributed by atoms with Crippen molar-refractivity contribution in [3.63, 3.8) is 0 Å². The second-order valence-corrected chi connectivity index (χ2v) is 4.18. The molecule has 1 rings (SSSR count). The molecule has 92 valence electrons. The third-order valence-corrected chi connectivity index (χ3v) is 2.90. The van der Waals surface area contributed by atoms with Crippen LogP contribution < -0.4 is 5.32 Å². The predicted octanol–water partition coefficient (Wildman–Crippen LogP) is -0.114. The lowest BCUT2D eigenvalue weighted by molar-refractivity contribution is -0.135. The van der Waals surface area contributed by atoms with Crippen LogP contribution in [0.15, 0.2) is 0 Å². The molecule has 2 amide bonds. The molecule has 0 radical (unpaired) electrons. The van der Waals surface area contributed by atoms with E-state index in [1.807, 2.05) is 0 Å². The Morgan fingerprint density at radius 3 is 2.75 bits per heavy atom. The molecular weight excluding hydrogens is 208 g/mol. The predicted molar refractivity (Wildman–Crippen MR) is 59.7 cm³/mol. The molecule has 5 heteroatoms. The van der Waals surface area contributed by atoms with Crippen molar-refractivity contribution in [3.8, 4) is 0 Å². The summed E-state index contributed by atoms with van der Waals surface area (Å²) in [6, 6.07) is -0.0799. The number of rotatable bonds is 3. The van der Waals surface area contributed by atoms with E-state index in [0.29, 0.717) is 6.54 Å². The van der Waals surface area contributed by atoms with E-state index in [9.17, 15) is 14.7 Å². The van der Waals surface area contributed by atoms with Crippen LogP contribution in [0.3, 0.4) is 0 Å². The van der Waals surface area contributed by atoms with Crippen LogP contribution in [0.4, 0.5) is 0 Å². The summed E-state index contributed by atoms with van der Waals surface area (Å²) in [6.07, 6.45) is 3.97. The summed E-state index contributed by atoms with van der Waals surface area (Å²) in [5, 5.41) is 11.7. The minimum absolute atomic E-state index is 0.00577. The Bertz CT molecular complexity index is 256. The lowest BCUT2D eigenvalue weighted by Crippen LogP contribution is -2.46. The fourth-order valence-electron chi connectivity index (χ4n) is 2.00. The Labute approximate surface area is 95.8 Å². The summed E-state index contributed by atoms with van der Waals surface area (Å²) in [5.41, 5.74) is 0. The highest BCUT2D eigenvalue weighted by Gasteiger charge is 2.24. The molecule has 1 aliphatic heterocycles. The van der Waals surface area contributed by atoms with E-state index in [1.165, 1.54) is 6.92 Å². The van der Waals surface area contributed by atoms with Crippen molar-refractivity contribution in [3.05, 3.63) is 0 Å². The zero-order valence-corrected chi connectivity index (χ0v) is 9.74. The number of nitrogens with one attached hydrogen (secondary N) is 1. The number of likely N-dealkylation sites (tertiary alicyclic amines) is 1. The first-order valence-electron chi connectivity index (χ1n) is 5.80. The van der Waals surface area contributed by atoms with Crippen LogP contribution in [0, 0.1) is 0 Å². The zero-order chi connectivity index (χ0) is 12.0. The summed E-state index contributed by atoms with van der Waals surface area (Å²) in [6.45, 7) is 2.11. The number of carbonyl (C=O) groups excluding carboxylic acids is 2. The maximum atomic E-state index is 11.8. The second kappa shape index (κ2) is 6.48. The molecule has 2 N–H and O–H groups in total. The molecule has 0 spiro atoms. The molecule has 0 bridgehead atoms. The van der Waals surface area contributed by atoms with Gasteiger partial charge in [0.2, 0.25) is 11.8 Å². The highest BCUT2D eigenvalue weighted by Crippen LogP contribution is 2.16. The largest absolute Gasteiger partial charge is 0.394 e. The average Bonchev–Trinajstić information content (AvgIpc) is 2.50. The number of aliphatic hydroxyl groups excluding tert-OH is 1. The first kappa shape index (κ1) is 13.0. The molecule has 5 nitrogen and oxygen atoms in total. The summed E-state index contributed by atoms with van der Waals surface area (Å²) >= 11 is 0. The Balaban J connectivity index is 2.52. The molecule has 1 aliphatic rings. The quantitative estimate of drug-likeness (QED) is 0.708. The molecular formula is C11H20N2O3. The number of aliphatic hydroxyl groups is 1. The molecule has 0 aromatic rings. The molecule has 1 fully saturated rings. The molecule has 1 saturated heterocycles. The van der Waals surface area contributed by atoms with E-state index in [-0.39, 0.29) is 31.0 Å². The van der Waals surface area contributed by atoms with E-state index in [0.717, 1.165) is 25.7 Å². The Kier molecular flexibility index (Phi) is 5.25. The van der Waals surface area contributed by atoms with Crippen molar-refractivity contribution < 1.29 is 14.7 Å². The van der Waals surface area contributed by atoms with Gasteiger partial charge in [0.1, 0.15) is 0 Å². The molecule has 0 saturated carbocycles. The molecule has 1 unspecified atom stereocenters. The molecule has 16 heavy (non-hydrogen) atoms. The topological polar surface area (TPSA) is 69.6 Å². The lowest BCUT2D eigenvalue weighted by Gasteiger charge is -2.28. The van der Waals surface area contributed by atoms with Crippen molar-refractivity contribution in [2.75, 3.05) is 19.7 Å². The SMILES string of the molecule is CC(=O)NCC(=O)N1CCCCCC1CO. The number of carbonyl (C=O) groups is 2. The number of amides is 2. The summed E-state index contributed by atoms with van der Waals surface area (Å²) < 4.78 is 0. The van der Waals surface area contributed by atoms with Gasteiger partial charge in [-0.3, -0.25) is 9.59 Å². The fraction of sp³-hybridized carbons (Fsp3) is 0.818. The van der Waals surface area contributed by atoms with Gasteiger partial charge >= 0.3 is 0 Å². The van der Waals surface area contributed by atoms with Gasteiger partial charge in [-0.15, -0.1) is 0 Å². The van der Waals surface area contributed by atoms with Crippen molar-refractivity contribution in [1.82, 2.24) is 10.2 Å². The van der Waals surface area contributed by atoms with Crippen LogP contribution in [0.2, 0.25) is 0 Å². The standard InChI is InChI=1S/C11H20N2O3/c1-9(15)12-7-11(16)13-6-4-2-3-5-10(13)8-14/h10,14H,2-8H2,1H3,(H,12,15). The van der Waals surface area contributed by atoms with Crippen molar-refractivity contribution in [1.29, 1.82) is 0 Å². The highest BCUT2D eigenvalue weighted by atomic mass is 16.3. The van der Waals surface area contributed by atoms with E-state index in [1.54, 1.807) is 4.90 Å². The maximum Gasteiger partial charge on any atom is 0.242 e. The van der Waals surface area contributed by atoms with Crippen molar-refractivity contribution >= 4 is 11.8 Å². The molecule has 1 heterocycles. The summed E-state index contributed by atoms with van der Waals surface area (Å²) in [4.78, 5) is 24.2. The van der Waals surface area contributed by atoms with E-state index in [2.05, 4.69) is 5.32 Å². The first-order chi connectivity index (χ1) is 7.65. The number of hydrogen-bond donors (Lipinski definition) is 2. The molecule has 0 aromatic heterocycles. The van der Waals surface area contributed by atoms with Gasteiger partial charge in [0.25, 0.3) is 0 Å². The smallest absolute Gasteiger partial charge is 0.242 e. The van der Waals surface area contributed by atoms with E-state index in [4.69, 9.17) is 0 Å². The minimum atomic E-state index is -0.205. The van der Waals surface area contributed by atoms with Crippen LogP contribution >= 0.6 is 0 Å². The number of nitrogens with zero attached hydrogens (tertiary/aromatic N) is 1. The van der Waals surface area contributed by atoms with Gasteiger partial charge < -0.3 is 15.3 Å². The third kappa shape index (κ3) is 3.81. The van der Waals surface area contributed by atoms with Crippen LogP contribution in [-0.2, 0) is 9.59 Å². The van der Waals surface area contributed by atoms with Gasteiger partial charge in [-0.05, 0) is 12.8 Å². The monoisotopic (exact) mass is 228 g/mol. The Hall–Kier alpha value is -1.10. The van der Waals surface area contributed by atoms with E-state index >= 15 is 0 Å². The highest BCUT2D eigenvalue weighted by molar-refractivity contribution is 5.83. The zero-order valence-electron chi connectivity index (χ0n) is 9.74. The molecule has 0 aromatic carbocycles. The second-order valence-electron chi connectivity index (χ2n) is 4.18. The maximum absolute atomic E-state index is 11.8. The van der Waals surface area contributed by atoms with Crippen LogP contribution in [0.25, 0.3) is 0 Å². The molecule has 1 atom stereocenters. The van der Waals surface area contributed by atoms with Gasteiger partial charge in [-0.1, -0.05) is 12.8 Å². The van der Waals surface area contributed by atoms with Gasteiger partial charge in [0, 0.05) is 13.5 Å². The van der Waals surface area contributed by atoms with E-state index < -0.39 is 0 Å². The fourth-order valence-corrected chi connectivity index (χ4v) is 2.00. The van der Waals surface area contributed by atoms with Crippen LogP contribution in [0.5, 0.6) is 0 Å². The van der Waals surface area contributed by atoms with Crippen molar-refractivity contribution in [2.24, 2.45) is 0 Å². The van der Waals surface area contributed by atoms with Gasteiger partial charge in [0.15, 0.2) is 0 Å². The summed E-state index contributed by atoms with van der Waals surface area (Å²) in [5.74, 6) is -0.306. The van der Waals surface area contributed by atoms with Crippen LogP contribution in [-0.4, -0.2) is 47.6 Å². The van der Waals surface area contributed by atoms with Crippen molar-refractivity contribution in [2.45, 2.75) is 38.6 Å². The third-order valence-electron chi connectivity index (χ3n) is 2.90. The normalized spacial score (nSPS) is 21.4. The van der Waals surface area contributed by atoms with Gasteiger partial charge in [0.05, 0.1) is 19.2 Å². The van der Waals surface area contributed by atoms with Crippen LogP contribution in [0.1, 0.15) is 32.6 Å². The summed E-state index contributed by atoms with van der Waals surface area (Å²) in [7, 11) is 0. The minimum Gasteiger partial charge on any atom is -0.394 e. The van der Waals surface area contributed by atoms with Gasteiger partial charge in [-0.25, -0.2) is 0 Å². The lowest BCUT2D eigenvalue weighted by atomic mass is 10.1.